The number of nitrogens with one attached hydrogen (secondary N) is 1. The molecule has 2 aromatic heterocycles. The fourth-order valence-electron chi connectivity index (χ4n) is 2.72. The molecule has 4 nitrogen and oxygen atoms in total. The van der Waals surface area contributed by atoms with E-state index in [0.717, 1.165) is 42.5 Å². The summed E-state index contributed by atoms with van der Waals surface area (Å²) in [6.07, 6.45) is 4.12. The SMILES string of the molecule is CC(Nc1nc2c(cc1C(=O)O)CCCC2)c1ccsc1. The van der Waals surface area contributed by atoms with Crippen LogP contribution >= 0.6 is 11.3 Å². The van der Waals surface area contributed by atoms with E-state index in [1.165, 1.54) is 0 Å². The summed E-state index contributed by atoms with van der Waals surface area (Å²) in [5, 5.41) is 16.8. The van der Waals surface area contributed by atoms with Crippen LogP contribution in [0.25, 0.3) is 0 Å². The lowest BCUT2D eigenvalue weighted by molar-refractivity contribution is 0.0697. The molecule has 0 aromatic carbocycles. The fraction of sp³-hybridized carbons (Fsp3) is 0.375. The summed E-state index contributed by atoms with van der Waals surface area (Å²) < 4.78 is 0. The molecule has 0 spiro atoms. The highest BCUT2D eigenvalue weighted by Gasteiger charge is 2.20. The smallest absolute Gasteiger partial charge is 0.339 e. The molecule has 0 radical (unpaired) electrons. The Kier molecular flexibility index (Phi) is 3.92. The quantitative estimate of drug-likeness (QED) is 0.899. The van der Waals surface area contributed by atoms with Crippen LogP contribution in [0.5, 0.6) is 0 Å². The second kappa shape index (κ2) is 5.85. The lowest BCUT2D eigenvalue weighted by atomic mass is 9.94. The number of hydrogen-bond donors (Lipinski definition) is 2. The number of pyridine rings is 1. The van der Waals surface area contributed by atoms with Crippen molar-refractivity contribution >= 4 is 23.1 Å². The van der Waals surface area contributed by atoms with E-state index < -0.39 is 5.97 Å². The number of carbonyl (C=O) groups is 1. The molecule has 1 unspecified atom stereocenters. The van der Waals surface area contributed by atoms with Crippen molar-refractivity contribution < 1.29 is 9.90 Å². The monoisotopic (exact) mass is 302 g/mol. The highest BCUT2D eigenvalue weighted by Crippen LogP contribution is 2.27. The van der Waals surface area contributed by atoms with Crippen LogP contribution in [0.2, 0.25) is 0 Å². The molecule has 1 aliphatic carbocycles. The molecule has 3 rings (SSSR count). The van der Waals surface area contributed by atoms with Gasteiger partial charge in [-0.2, -0.15) is 11.3 Å². The molecule has 0 amide bonds. The number of hydrogen-bond acceptors (Lipinski definition) is 4. The van der Waals surface area contributed by atoms with E-state index in [9.17, 15) is 9.90 Å². The number of carboxylic acids is 1. The highest BCUT2D eigenvalue weighted by atomic mass is 32.1. The summed E-state index contributed by atoms with van der Waals surface area (Å²) in [6, 6.07) is 3.89. The third-order valence-corrected chi connectivity index (χ3v) is 4.63. The van der Waals surface area contributed by atoms with Crippen molar-refractivity contribution in [1.29, 1.82) is 0 Å². The predicted molar refractivity (Wildman–Crippen MR) is 84.2 cm³/mol. The Bertz CT molecular complexity index is 653. The second-order valence-corrected chi connectivity index (χ2v) is 6.21. The van der Waals surface area contributed by atoms with Gasteiger partial charge in [0.2, 0.25) is 0 Å². The summed E-state index contributed by atoms with van der Waals surface area (Å²) in [4.78, 5) is 16.1. The summed E-state index contributed by atoms with van der Waals surface area (Å²) in [6.45, 7) is 2.02. The van der Waals surface area contributed by atoms with Gasteiger partial charge in [0, 0.05) is 5.69 Å². The molecular formula is C16H18N2O2S. The standard InChI is InChI=1S/C16H18N2O2S/c1-10(12-6-7-21-9-12)17-15-13(16(19)20)8-11-4-2-3-5-14(11)18-15/h6-10H,2-5H2,1H3,(H,17,18)(H,19,20). The van der Waals surface area contributed by atoms with Crippen LogP contribution in [0.1, 0.15) is 53.0 Å². The Morgan fingerprint density at radius 1 is 1.43 bits per heavy atom. The Labute approximate surface area is 127 Å². The van der Waals surface area contributed by atoms with Crippen molar-refractivity contribution in [2.75, 3.05) is 5.32 Å². The van der Waals surface area contributed by atoms with Gasteiger partial charge in [0.15, 0.2) is 0 Å². The zero-order valence-corrected chi connectivity index (χ0v) is 12.7. The van der Waals surface area contributed by atoms with Crippen LogP contribution in [0.3, 0.4) is 0 Å². The summed E-state index contributed by atoms with van der Waals surface area (Å²) in [5.74, 6) is -0.433. The zero-order valence-electron chi connectivity index (χ0n) is 11.9. The van der Waals surface area contributed by atoms with E-state index in [2.05, 4.69) is 15.7 Å². The Morgan fingerprint density at radius 3 is 2.95 bits per heavy atom. The topological polar surface area (TPSA) is 62.2 Å². The molecule has 2 aromatic rings. The average molecular weight is 302 g/mol. The number of nitrogens with zero attached hydrogens (tertiary/aromatic N) is 1. The van der Waals surface area contributed by atoms with Gasteiger partial charge in [-0.1, -0.05) is 0 Å². The molecule has 0 saturated carbocycles. The number of thiophene rings is 1. The molecule has 110 valence electrons. The predicted octanol–water partition coefficient (Wildman–Crippen LogP) is 3.89. The molecule has 0 aliphatic heterocycles. The van der Waals surface area contributed by atoms with Crippen molar-refractivity contribution in [3.63, 3.8) is 0 Å². The van der Waals surface area contributed by atoms with Crippen LogP contribution in [0.15, 0.2) is 22.9 Å². The van der Waals surface area contributed by atoms with Gasteiger partial charge in [-0.25, -0.2) is 9.78 Å². The Balaban J connectivity index is 1.94. The fourth-order valence-corrected chi connectivity index (χ4v) is 3.47. The summed E-state index contributed by atoms with van der Waals surface area (Å²) in [7, 11) is 0. The lowest BCUT2D eigenvalue weighted by Gasteiger charge is -2.20. The van der Waals surface area contributed by atoms with Crippen LogP contribution in [-0.2, 0) is 12.8 Å². The van der Waals surface area contributed by atoms with Crippen molar-refractivity contribution in [3.8, 4) is 0 Å². The molecule has 0 saturated heterocycles. The lowest BCUT2D eigenvalue weighted by Crippen LogP contribution is -2.16. The van der Waals surface area contributed by atoms with Gasteiger partial charge in [0.1, 0.15) is 11.4 Å². The maximum atomic E-state index is 11.5. The maximum Gasteiger partial charge on any atom is 0.339 e. The van der Waals surface area contributed by atoms with E-state index in [1.54, 1.807) is 17.4 Å². The van der Waals surface area contributed by atoms with Gasteiger partial charge < -0.3 is 10.4 Å². The summed E-state index contributed by atoms with van der Waals surface area (Å²) >= 11 is 1.64. The number of aromatic nitrogens is 1. The van der Waals surface area contributed by atoms with Crippen molar-refractivity contribution in [2.45, 2.75) is 38.6 Å². The van der Waals surface area contributed by atoms with Crippen LogP contribution in [0.4, 0.5) is 5.82 Å². The molecule has 21 heavy (non-hydrogen) atoms. The minimum atomic E-state index is -0.920. The van der Waals surface area contributed by atoms with Gasteiger partial charge >= 0.3 is 5.97 Å². The van der Waals surface area contributed by atoms with Crippen LogP contribution < -0.4 is 5.32 Å². The van der Waals surface area contributed by atoms with Gasteiger partial charge in [-0.3, -0.25) is 0 Å². The van der Waals surface area contributed by atoms with E-state index in [-0.39, 0.29) is 11.6 Å². The number of rotatable bonds is 4. The average Bonchev–Trinajstić information content (AvgIpc) is 3.00. The third kappa shape index (κ3) is 2.93. The first kappa shape index (κ1) is 14.1. The highest BCUT2D eigenvalue weighted by molar-refractivity contribution is 7.07. The normalized spacial score (nSPS) is 15.3. The van der Waals surface area contributed by atoms with E-state index in [1.807, 2.05) is 18.4 Å². The molecular weight excluding hydrogens is 284 g/mol. The van der Waals surface area contributed by atoms with E-state index in [0.29, 0.717) is 5.82 Å². The second-order valence-electron chi connectivity index (χ2n) is 5.43. The van der Waals surface area contributed by atoms with Gasteiger partial charge in [0.25, 0.3) is 0 Å². The van der Waals surface area contributed by atoms with Crippen molar-refractivity contribution in [2.24, 2.45) is 0 Å². The first-order valence-corrected chi connectivity index (χ1v) is 8.14. The minimum Gasteiger partial charge on any atom is -0.478 e. The molecule has 2 heterocycles. The third-order valence-electron chi connectivity index (χ3n) is 3.93. The van der Waals surface area contributed by atoms with Gasteiger partial charge in [-0.15, -0.1) is 0 Å². The zero-order chi connectivity index (χ0) is 14.8. The molecule has 0 fully saturated rings. The molecule has 2 N–H and O–H groups in total. The van der Waals surface area contributed by atoms with Gasteiger partial charge in [0.05, 0.1) is 6.04 Å². The maximum absolute atomic E-state index is 11.5. The molecule has 1 atom stereocenters. The van der Waals surface area contributed by atoms with Gasteiger partial charge in [-0.05, 0) is 66.6 Å². The largest absolute Gasteiger partial charge is 0.478 e. The molecule has 0 bridgehead atoms. The number of aromatic carboxylic acids is 1. The van der Waals surface area contributed by atoms with Crippen LogP contribution in [-0.4, -0.2) is 16.1 Å². The molecule has 5 heteroatoms. The minimum absolute atomic E-state index is 0.0449. The first-order chi connectivity index (χ1) is 10.1. The van der Waals surface area contributed by atoms with Crippen molar-refractivity contribution in [3.05, 3.63) is 45.3 Å². The Morgan fingerprint density at radius 2 is 2.24 bits per heavy atom. The number of carboxylic acid groups (broad SMARTS) is 1. The molecule has 1 aliphatic rings. The van der Waals surface area contributed by atoms with E-state index >= 15 is 0 Å². The first-order valence-electron chi connectivity index (χ1n) is 7.20. The van der Waals surface area contributed by atoms with Crippen LogP contribution in [0, 0.1) is 0 Å². The van der Waals surface area contributed by atoms with Crippen molar-refractivity contribution in [1.82, 2.24) is 4.98 Å². The number of fused-ring (bicyclic) bond motifs is 1. The number of aryl methyl sites for hydroxylation is 2. The number of anilines is 1. The Hall–Kier alpha value is -1.88. The van der Waals surface area contributed by atoms with E-state index in [4.69, 9.17) is 0 Å². The summed E-state index contributed by atoms with van der Waals surface area (Å²) in [5.41, 5.74) is 3.56.